The van der Waals surface area contributed by atoms with E-state index in [4.69, 9.17) is 10.3 Å². The Balaban J connectivity index is 2.33. The lowest BCUT2D eigenvalue weighted by Crippen LogP contribution is -2.28. The van der Waals surface area contributed by atoms with Gasteiger partial charge >= 0.3 is 0 Å². The Morgan fingerprint density at radius 1 is 1.50 bits per heavy atom. The Morgan fingerprint density at radius 2 is 2.25 bits per heavy atom. The van der Waals surface area contributed by atoms with E-state index >= 15 is 0 Å². The summed E-state index contributed by atoms with van der Waals surface area (Å²) in [4.78, 5) is 4.30. The zero-order valence-corrected chi connectivity index (χ0v) is 9.64. The predicted octanol–water partition coefficient (Wildman–Crippen LogP) is 0.706. The summed E-state index contributed by atoms with van der Waals surface area (Å²) in [6, 6.07) is 1.84. The van der Waals surface area contributed by atoms with Crippen molar-refractivity contribution >= 4 is 0 Å². The number of nitrogens with zero attached hydrogens (tertiary/aromatic N) is 4. The summed E-state index contributed by atoms with van der Waals surface area (Å²) in [7, 11) is 1.84. The van der Waals surface area contributed by atoms with Crippen molar-refractivity contribution in [3.63, 3.8) is 0 Å². The van der Waals surface area contributed by atoms with Crippen LogP contribution in [-0.2, 0) is 12.5 Å². The van der Waals surface area contributed by atoms with Crippen molar-refractivity contribution in [2.24, 2.45) is 12.8 Å². The van der Waals surface area contributed by atoms with E-state index in [1.54, 1.807) is 4.68 Å². The van der Waals surface area contributed by atoms with Crippen LogP contribution >= 0.6 is 0 Å². The lowest BCUT2D eigenvalue weighted by molar-refractivity contribution is 0.311. The highest BCUT2D eigenvalue weighted by molar-refractivity contribution is 5.46. The van der Waals surface area contributed by atoms with Gasteiger partial charge in [0.2, 0.25) is 11.7 Å². The number of hydrogen-bond acceptors (Lipinski definition) is 5. The minimum absolute atomic E-state index is 0.306. The number of hydrogen-bond donors (Lipinski definition) is 1. The molecule has 6 nitrogen and oxygen atoms in total. The van der Waals surface area contributed by atoms with Gasteiger partial charge in [0.1, 0.15) is 5.69 Å². The van der Waals surface area contributed by atoms with E-state index in [1.165, 1.54) is 0 Å². The number of aryl methyl sites for hydroxylation is 1. The van der Waals surface area contributed by atoms with Crippen molar-refractivity contribution in [3.05, 3.63) is 18.2 Å². The van der Waals surface area contributed by atoms with Crippen LogP contribution in [-0.4, -0.2) is 26.5 Å². The molecule has 0 unspecified atom stereocenters. The molecule has 16 heavy (non-hydrogen) atoms. The van der Waals surface area contributed by atoms with E-state index in [2.05, 4.69) is 15.2 Å². The highest BCUT2D eigenvalue weighted by atomic mass is 16.5. The van der Waals surface area contributed by atoms with Gasteiger partial charge in [0, 0.05) is 19.8 Å². The lowest BCUT2D eigenvalue weighted by atomic mass is 9.94. The Hall–Kier alpha value is -1.69. The van der Waals surface area contributed by atoms with Crippen LogP contribution in [0.4, 0.5) is 0 Å². The van der Waals surface area contributed by atoms with Crippen LogP contribution < -0.4 is 5.73 Å². The zero-order valence-electron chi connectivity index (χ0n) is 9.64. The lowest BCUT2D eigenvalue weighted by Gasteiger charge is -2.15. The van der Waals surface area contributed by atoms with Crippen molar-refractivity contribution in [1.82, 2.24) is 19.9 Å². The molecule has 0 aliphatic rings. The largest absolute Gasteiger partial charge is 0.338 e. The van der Waals surface area contributed by atoms with Crippen LogP contribution in [0.25, 0.3) is 11.5 Å². The molecule has 0 saturated carbocycles. The van der Waals surface area contributed by atoms with Crippen molar-refractivity contribution in [2.45, 2.75) is 19.3 Å². The second kappa shape index (κ2) is 3.71. The molecular weight excluding hydrogens is 206 g/mol. The molecule has 2 aromatic heterocycles. The highest BCUT2D eigenvalue weighted by Crippen LogP contribution is 2.22. The van der Waals surface area contributed by atoms with Crippen molar-refractivity contribution in [1.29, 1.82) is 0 Å². The van der Waals surface area contributed by atoms with E-state index in [0.717, 1.165) is 0 Å². The van der Waals surface area contributed by atoms with Gasteiger partial charge in [-0.1, -0.05) is 5.16 Å². The van der Waals surface area contributed by atoms with Crippen LogP contribution in [0.15, 0.2) is 16.8 Å². The Kier molecular flexibility index (Phi) is 2.51. The van der Waals surface area contributed by atoms with Gasteiger partial charge in [-0.05, 0) is 19.9 Å². The molecule has 0 aliphatic carbocycles. The van der Waals surface area contributed by atoms with Gasteiger partial charge < -0.3 is 10.3 Å². The minimum Gasteiger partial charge on any atom is -0.338 e. The molecule has 0 bridgehead atoms. The second-order valence-electron chi connectivity index (χ2n) is 4.39. The SMILES string of the molecule is Cn1ccc(-c2noc(C(C)(C)CN)n2)n1. The average Bonchev–Trinajstić information content (AvgIpc) is 2.85. The van der Waals surface area contributed by atoms with Crippen molar-refractivity contribution in [2.75, 3.05) is 6.54 Å². The number of nitrogens with two attached hydrogens (primary N) is 1. The fourth-order valence-electron chi connectivity index (χ4n) is 1.22. The average molecular weight is 221 g/mol. The van der Waals surface area contributed by atoms with Crippen LogP contribution in [0, 0.1) is 0 Å². The van der Waals surface area contributed by atoms with Gasteiger partial charge in [0.05, 0.1) is 5.41 Å². The maximum atomic E-state index is 5.64. The Morgan fingerprint density at radius 3 is 2.81 bits per heavy atom. The maximum Gasteiger partial charge on any atom is 0.233 e. The van der Waals surface area contributed by atoms with Gasteiger partial charge in [-0.3, -0.25) is 4.68 Å². The van der Waals surface area contributed by atoms with Crippen LogP contribution in [0.3, 0.4) is 0 Å². The molecule has 0 radical (unpaired) electrons. The first-order chi connectivity index (χ1) is 7.53. The Bertz CT molecular complexity index is 485. The summed E-state index contributed by atoms with van der Waals surface area (Å²) in [6.45, 7) is 4.38. The van der Waals surface area contributed by atoms with Crippen LogP contribution in [0.1, 0.15) is 19.7 Å². The van der Waals surface area contributed by atoms with Crippen LogP contribution in [0.2, 0.25) is 0 Å². The molecule has 86 valence electrons. The Labute approximate surface area is 93.4 Å². The van der Waals surface area contributed by atoms with Crippen LogP contribution in [0.5, 0.6) is 0 Å². The fourth-order valence-corrected chi connectivity index (χ4v) is 1.22. The maximum absolute atomic E-state index is 5.64. The van der Waals surface area contributed by atoms with Crippen molar-refractivity contribution in [3.8, 4) is 11.5 Å². The summed E-state index contributed by atoms with van der Waals surface area (Å²) in [5, 5.41) is 8.10. The molecular formula is C10H15N5O. The van der Waals surface area contributed by atoms with E-state index < -0.39 is 0 Å². The summed E-state index contributed by atoms with van der Waals surface area (Å²) < 4.78 is 6.89. The summed E-state index contributed by atoms with van der Waals surface area (Å²) in [6.07, 6.45) is 1.83. The molecule has 0 saturated heterocycles. The van der Waals surface area contributed by atoms with Gasteiger partial charge in [-0.25, -0.2) is 0 Å². The topological polar surface area (TPSA) is 82.8 Å². The van der Waals surface area contributed by atoms with E-state index in [0.29, 0.717) is 24.0 Å². The molecule has 0 atom stereocenters. The van der Waals surface area contributed by atoms with Gasteiger partial charge in [-0.2, -0.15) is 10.1 Å². The normalized spacial score (nSPS) is 12.0. The van der Waals surface area contributed by atoms with E-state index in [1.807, 2.05) is 33.2 Å². The quantitative estimate of drug-likeness (QED) is 0.825. The van der Waals surface area contributed by atoms with Gasteiger partial charge in [0.25, 0.3) is 0 Å². The number of rotatable bonds is 3. The number of aromatic nitrogens is 4. The first-order valence-corrected chi connectivity index (χ1v) is 5.07. The van der Waals surface area contributed by atoms with Gasteiger partial charge in [-0.15, -0.1) is 0 Å². The second-order valence-corrected chi connectivity index (χ2v) is 4.39. The van der Waals surface area contributed by atoms with E-state index in [9.17, 15) is 0 Å². The summed E-state index contributed by atoms with van der Waals surface area (Å²) in [5.41, 5.74) is 6.04. The first kappa shape index (κ1) is 10.8. The van der Waals surface area contributed by atoms with Crippen molar-refractivity contribution < 1.29 is 4.52 Å². The molecule has 2 heterocycles. The third kappa shape index (κ3) is 1.83. The molecule has 6 heteroatoms. The molecule has 0 aromatic carbocycles. The monoisotopic (exact) mass is 221 g/mol. The molecule has 2 N–H and O–H groups in total. The molecule has 0 fully saturated rings. The molecule has 0 amide bonds. The zero-order chi connectivity index (χ0) is 11.8. The summed E-state index contributed by atoms with van der Waals surface area (Å²) >= 11 is 0. The molecule has 2 aromatic rings. The highest BCUT2D eigenvalue weighted by Gasteiger charge is 2.26. The van der Waals surface area contributed by atoms with Gasteiger partial charge in [0.15, 0.2) is 0 Å². The molecule has 0 spiro atoms. The smallest absolute Gasteiger partial charge is 0.233 e. The summed E-state index contributed by atoms with van der Waals surface area (Å²) in [5.74, 6) is 1.03. The fraction of sp³-hybridized carbons (Fsp3) is 0.500. The first-order valence-electron chi connectivity index (χ1n) is 5.07. The van der Waals surface area contributed by atoms with E-state index in [-0.39, 0.29) is 5.41 Å². The predicted molar refractivity (Wildman–Crippen MR) is 58.6 cm³/mol. The standard InChI is InChI=1S/C10H15N5O/c1-10(2,6-11)9-12-8(14-16-9)7-4-5-15(3)13-7/h4-5H,6,11H2,1-3H3. The minimum atomic E-state index is -0.306. The molecule has 2 rings (SSSR count). The molecule has 0 aliphatic heterocycles. The third-order valence-electron chi connectivity index (χ3n) is 2.46. The third-order valence-corrected chi connectivity index (χ3v) is 2.46.